The molecule has 150 valence electrons. The highest BCUT2D eigenvalue weighted by Crippen LogP contribution is 2.36. The first-order valence-electron chi connectivity index (χ1n) is 11.1. The highest BCUT2D eigenvalue weighted by molar-refractivity contribution is 5.84. The number of aryl methyl sites for hydroxylation is 3. The molecule has 0 aromatic heterocycles. The van der Waals surface area contributed by atoms with E-state index in [1.165, 1.54) is 35.1 Å². The molecule has 1 aliphatic rings. The van der Waals surface area contributed by atoms with Crippen LogP contribution in [0.5, 0.6) is 0 Å². The van der Waals surface area contributed by atoms with Crippen molar-refractivity contribution in [3.05, 3.63) is 94.8 Å². The zero-order chi connectivity index (χ0) is 20.2. The summed E-state index contributed by atoms with van der Waals surface area (Å²) < 4.78 is 15.4. The van der Waals surface area contributed by atoms with E-state index in [4.69, 9.17) is 0 Å². The molecular formula is C28H31F. The normalized spacial score (nSPS) is 16.0. The van der Waals surface area contributed by atoms with Gasteiger partial charge in [0.15, 0.2) is 0 Å². The second-order valence-corrected chi connectivity index (χ2v) is 8.50. The summed E-state index contributed by atoms with van der Waals surface area (Å²) in [5.74, 6) is 0.256. The third-order valence-electron chi connectivity index (χ3n) is 6.44. The Bertz CT molecular complexity index is 1010. The lowest BCUT2D eigenvalue weighted by Gasteiger charge is -2.26. The molecule has 4 rings (SSSR count). The maximum atomic E-state index is 15.4. The Kier molecular flexibility index (Phi) is 6.13. The van der Waals surface area contributed by atoms with E-state index in [0.29, 0.717) is 0 Å². The largest absolute Gasteiger partial charge is 0.206 e. The number of allylic oxidation sites excluding steroid dienone is 1. The van der Waals surface area contributed by atoms with E-state index in [-0.39, 0.29) is 11.7 Å². The van der Waals surface area contributed by atoms with Gasteiger partial charge in [-0.3, -0.25) is 0 Å². The standard InChI is InChI=1S/C28H31F/c1-3-5-7-20-9-11-23-19-25(13-12-22(23)17-20)27-16-14-24-18-21(8-6-4-2)10-15-26(24)28(27)29/h3,9-11,14-18,25H,1,4-8,12-13,19H2,2H3. The zero-order valence-electron chi connectivity index (χ0n) is 17.5. The van der Waals surface area contributed by atoms with E-state index in [1.807, 2.05) is 18.2 Å². The number of rotatable bonds is 7. The fraction of sp³-hybridized carbons (Fsp3) is 0.357. The third kappa shape index (κ3) is 4.29. The first kappa shape index (κ1) is 19.9. The first-order valence-corrected chi connectivity index (χ1v) is 11.1. The van der Waals surface area contributed by atoms with Crippen molar-refractivity contribution in [1.82, 2.24) is 0 Å². The number of benzene rings is 3. The summed E-state index contributed by atoms with van der Waals surface area (Å²) in [5.41, 5.74) is 6.42. The van der Waals surface area contributed by atoms with E-state index in [1.54, 1.807) is 0 Å². The van der Waals surface area contributed by atoms with Crippen LogP contribution >= 0.6 is 0 Å². The molecule has 1 heteroatoms. The van der Waals surface area contributed by atoms with Crippen LogP contribution < -0.4 is 0 Å². The Labute approximate surface area is 174 Å². The second-order valence-electron chi connectivity index (χ2n) is 8.50. The lowest BCUT2D eigenvalue weighted by Crippen LogP contribution is -2.14. The van der Waals surface area contributed by atoms with Crippen molar-refractivity contribution in [2.45, 2.75) is 64.2 Å². The molecule has 0 bridgehead atoms. The summed E-state index contributed by atoms with van der Waals surface area (Å²) in [4.78, 5) is 0. The zero-order valence-corrected chi connectivity index (χ0v) is 17.5. The molecule has 0 saturated heterocycles. The SMILES string of the molecule is C=CCCc1ccc2c(c1)CCC(c1ccc3cc(CCCC)ccc3c1F)C2. The summed E-state index contributed by atoms with van der Waals surface area (Å²) in [6.45, 7) is 6.02. The highest BCUT2D eigenvalue weighted by Gasteiger charge is 2.23. The molecule has 0 spiro atoms. The minimum atomic E-state index is -0.0133. The van der Waals surface area contributed by atoms with Crippen LogP contribution in [-0.2, 0) is 25.7 Å². The summed E-state index contributed by atoms with van der Waals surface area (Å²) in [6.07, 6.45) is 10.5. The topological polar surface area (TPSA) is 0 Å². The Morgan fingerprint density at radius 1 is 1.00 bits per heavy atom. The van der Waals surface area contributed by atoms with Gasteiger partial charge in [0, 0.05) is 5.39 Å². The van der Waals surface area contributed by atoms with Gasteiger partial charge in [-0.1, -0.05) is 68.0 Å². The quantitative estimate of drug-likeness (QED) is 0.365. The monoisotopic (exact) mass is 386 g/mol. The molecule has 3 aromatic carbocycles. The second kappa shape index (κ2) is 8.95. The van der Waals surface area contributed by atoms with Gasteiger partial charge in [0.2, 0.25) is 0 Å². The summed E-state index contributed by atoms with van der Waals surface area (Å²) in [7, 11) is 0. The van der Waals surface area contributed by atoms with E-state index < -0.39 is 0 Å². The minimum Gasteiger partial charge on any atom is -0.206 e. The third-order valence-corrected chi connectivity index (χ3v) is 6.44. The predicted octanol–water partition coefficient (Wildman–Crippen LogP) is 7.71. The van der Waals surface area contributed by atoms with Crippen LogP contribution in [0.4, 0.5) is 4.39 Å². The molecule has 1 aliphatic carbocycles. The molecule has 29 heavy (non-hydrogen) atoms. The van der Waals surface area contributed by atoms with Gasteiger partial charge in [-0.15, -0.1) is 6.58 Å². The molecule has 1 atom stereocenters. The summed E-state index contributed by atoms with van der Waals surface area (Å²) >= 11 is 0. The number of fused-ring (bicyclic) bond motifs is 2. The molecule has 0 N–H and O–H groups in total. The van der Waals surface area contributed by atoms with Crippen LogP contribution in [0, 0.1) is 5.82 Å². The maximum absolute atomic E-state index is 15.4. The summed E-state index contributed by atoms with van der Waals surface area (Å²) in [6, 6.07) is 17.3. The maximum Gasteiger partial charge on any atom is 0.134 e. The molecule has 0 aliphatic heterocycles. The molecule has 0 heterocycles. The van der Waals surface area contributed by atoms with Crippen molar-refractivity contribution in [2.24, 2.45) is 0 Å². The lowest BCUT2D eigenvalue weighted by molar-refractivity contribution is 0.539. The average Bonchev–Trinajstić information content (AvgIpc) is 2.76. The smallest absolute Gasteiger partial charge is 0.134 e. The van der Waals surface area contributed by atoms with Crippen LogP contribution in [-0.4, -0.2) is 0 Å². The van der Waals surface area contributed by atoms with Crippen LogP contribution in [0.2, 0.25) is 0 Å². The molecule has 0 nitrogen and oxygen atoms in total. The van der Waals surface area contributed by atoms with Gasteiger partial charge in [0.05, 0.1) is 0 Å². The van der Waals surface area contributed by atoms with Crippen LogP contribution in [0.1, 0.15) is 66.3 Å². The Hall–Kier alpha value is -2.41. The van der Waals surface area contributed by atoms with Crippen molar-refractivity contribution < 1.29 is 4.39 Å². The summed E-state index contributed by atoms with van der Waals surface area (Å²) in [5, 5.41) is 1.80. The van der Waals surface area contributed by atoms with Crippen LogP contribution in [0.15, 0.2) is 61.2 Å². The van der Waals surface area contributed by atoms with Gasteiger partial charge in [-0.05, 0) is 84.1 Å². The van der Waals surface area contributed by atoms with E-state index in [0.717, 1.165) is 54.9 Å². The molecule has 0 amide bonds. The number of hydrogen-bond acceptors (Lipinski definition) is 0. The molecule has 1 unspecified atom stereocenters. The lowest BCUT2D eigenvalue weighted by atomic mass is 9.79. The molecule has 3 aromatic rings. The van der Waals surface area contributed by atoms with Crippen molar-refractivity contribution in [2.75, 3.05) is 0 Å². The molecule has 0 radical (unpaired) electrons. The molecule has 0 saturated carbocycles. The van der Waals surface area contributed by atoms with E-state index in [9.17, 15) is 0 Å². The van der Waals surface area contributed by atoms with Crippen molar-refractivity contribution in [3.8, 4) is 0 Å². The van der Waals surface area contributed by atoms with Crippen molar-refractivity contribution in [3.63, 3.8) is 0 Å². The predicted molar refractivity (Wildman–Crippen MR) is 122 cm³/mol. The van der Waals surface area contributed by atoms with E-state index in [2.05, 4.69) is 49.9 Å². The Morgan fingerprint density at radius 3 is 2.66 bits per heavy atom. The Balaban J connectivity index is 1.57. The van der Waals surface area contributed by atoms with E-state index >= 15 is 4.39 Å². The van der Waals surface area contributed by atoms with Crippen LogP contribution in [0.25, 0.3) is 10.8 Å². The van der Waals surface area contributed by atoms with Gasteiger partial charge >= 0.3 is 0 Å². The van der Waals surface area contributed by atoms with Gasteiger partial charge in [0.1, 0.15) is 5.82 Å². The fourth-order valence-corrected chi connectivity index (χ4v) is 4.71. The molecular weight excluding hydrogens is 355 g/mol. The number of unbranched alkanes of at least 4 members (excludes halogenated alkanes) is 1. The Morgan fingerprint density at radius 2 is 1.83 bits per heavy atom. The van der Waals surface area contributed by atoms with Crippen molar-refractivity contribution >= 4 is 10.8 Å². The van der Waals surface area contributed by atoms with Gasteiger partial charge in [-0.25, -0.2) is 4.39 Å². The average molecular weight is 387 g/mol. The van der Waals surface area contributed by atoms with Crippen LogP contribution in [0.3, 0.4) is 0 Å². The number of hydrogen-bond donors (Lipinski definition) is 0. The van der Waals surface area contributed by atoms with Gasteiger partial charge in [-0.2, -0.15) is 0 Å². The minimum absolute atomic E-state index is 0.0133. The van der Waals surface area contributed by atoms with Gasteiger partial charge in [0.25, 0.3) is 0 Å². The van der Waals surface area contributed by atoms with Gasteiger partial charge < -0.3 is 0 Å². The fourth-order valence-electron chi connectivity index (χ4n) is 4.71. The van der Waals surface area contributed by atoms with Crippen molar-refractivity contribution in [1.29, 1.82) is 0 Å². The number of halogens is 1. The molecule has 0 fully saturated rings. The highest BCUT2D eigenvalue weighted by atomic mass is 19.1. The first-order chi connectivity index (χ1) is 14.2.